The maximum atomic E-state index is 12.1. The molecular formula is C46H64ClN3O7S. The summed E-state index contributed by atoms with van der Waals surface area (Å²) in [5.41, 5.74) is 7.17. The normalized spacial score (nSPS) is 17.7. The predicted molar refractivity (Wildman–Crippen MR) is 232 cm³/mol. The second kappa shape index (κ2) is 21.3. The van der Waals surface area contributed by atoms with E-state index in [0.29, 0.717) is 10.6 Å². The number of carbonyl (C=O) groups excluding carboxylic acids is 2. The SMILES string of the molecule is CCCCC(CC)COC(=O)CC(C(=O)OCC(CC)CCCC)S(=O)(=O)[O-].CN1/C(=C\C=C(\C#N)C2=[N+](C)c3ccc(Cl)cc3C2(C)C)C(C)(C)c2ccccc21. The number of hydrogen-bond donors (Lipinski definition) is 0. The van der Waals surface area contributed by atoms with Gasteiger partial charge in [-0.3, -0.25) is 9.59 Å². The van der Waals surface area contributed by atoms with Gasteiger partial charge in [-0.15, -0.1) is 0 Å². The van der Waals surface area contributed by atoms with Gasteiger partial charge in [-0.2, -0.15) is 9.84 Å². The van der Waals surface area contributed by atoms with Crippen molar-refractivity contribution in [2.45, 2.75) is 129 Å². The Bertz CT molecular complexity index is 2010. The van der Waals surface area contributed by atoms with E-state index >= 15 is 0 Å². The summed E-state index contributed by atoms with van der Waals surface area (Å²) in [7, 11) is -0.897. The van der Waals surface area contributed by atoms with Crippen molar-refractivity contribution >= 4 is 50.7 Å². The second-order valence-electron chi connectivity index (χ2n) is 16.5. The van der Waals surface area contributed by atoms with E-state index in [-0.39, 0.29) is 35.9 Å². The Morgan fingerprint density at radius 1 is 0.931 bits per heavy atom. The zero-order valence-electron chi connectivity index (χ0n) is 36.2. The van der Waals surface area contributed by atoms with Crippen molar-refractivity contribution in [2.75, 3.05) is 32.2 Å². The van der Waals surface area contributed by atoms with Gasteiger partial charge in [0.1, 0.15) is 28.8 Å². The smallest absolute Gasteiger partial charge is 0.323 e. The van der Waals surface area contributed by atoms with Crippen molar-refractivity contribution in [3.63, 3.8) is 0 Å². The summed E-state index contributed by atoms with van der Waals surface area (Å²) in [4.78, 5) is 26.4. The number of allylic oxidation sites excluding steroid dienone is 4. The van der Waals surface area contributed by atoms with E-state index in [4.69, 9.17) is 21.1 Å². The molecule has 0 aromatic heterocycles. The van der Waals surface area contributed by atoms with E-state index in [1.807, 2.05) is 45.2 Å². The van der Waals surface area contributed by atoms with E-state index in [1.54, 1.807) is 0 Å². The van der Waals surface area contributed by atoms with Crippen molar-refractivity contribution in [1.82, 2.24) is 0 Å². The molecule has 0 fully saturated rings. The van der Waals surface area contributed by atoms with Crippen LogP contribution in [0.3, 0.4) is 0 Å². The molecule has 2 heterocycles. The van der Waals surface area contributed by atoms with Gasteiger partial charge < -0.3 is 18.9 Å². The van der Waals surface area contributed by atoms with Gasteiger partial charge in [0.15, 0.2) is 5.25 Å². The van der Waals surface area contributed by atoms with Crippen LogP contribution in [0.25, 0.3) is 0 Å². The topological polar surface area (TPSA) is 140 Å². The van der Waals surface area contributed by atoms with Crippen molar-refractivity contribution in [2.24, 2.45) is 11.8 Å². The highest BCUT2D eigenvalue weighted by atomic mass is 35.5. The van der Waals surface area contributed by atoms with Crippen LogP contribution in [0, 0.1) is 23.2 Å². The first-order valence-corrected chi connectivity index (χ1v) is 22.5. The lowest BCUT2D eigenvalue weighted by atomic mass is 9.78. The van der Waals surface area contributed by atoms with Gasteiger partial charge in [0.25, 0.3) is 0 Å². The number of fused-ring (bicyclic) bond motifs is 2. The highest BCUT2D eigenvalue weighted by Gasteiger charge is 2.46. The molecule has 4 rings (SSSR count). The minimum atomic E-state index is -5.01. The number of unbranched alkanes of at least 4 members (excludes halogenated alkanes) is 2. The first kappa shape index (κ1) is 48.4. The number of nitrogens with zero attached hydrogens (tertiary/aromatic N) is 3. The molecule has 3 atom stereocenters. The zero-order chi connectivity index (χ0) is 43.4. The Balaban J connectivity index is 0.000000312. The molecule has 0 saturated carbocycles. The Morgan fingerprint density at radius 3 is 2.05 bits per heavy atom. The Morgan fingerprint density at radius 2 is 1.52 bits per heavy atom. The summed E-state index contributed by atoms with van der Waals surface area (Å²) < 4.78 is 46.7. The fraction of sp³-hybridized carbons (Fsp3) is 0.565. The molecule has 0 aliphatic carbocycles. The molecule has 0 saturated heterocycles. The fourth-order valence-corrected chi connectivity index (χ4v) is 8.75. The van der Waals surface area contributed by atoms with Gasteiger partial charge in [0.2, 0.25) is 11.4 Å². The van der Waals surface area contributed by atoms with Gasteiger partial charge in [0.05, 0.1) is 25.0 Å². The predicted octanol–water partition coefficient (Wildman–Crippen LogP) is 9.92. The van der Waals surface area contributed by atoms with Crippen LogP contribution in [0.4, 0.5) is 11.4 Å². The molecule has 58 heavy (non-hydrogen) atoms. The molecule has 2 aliphatic rings. The molecule has 0 radical (unpaired) electrons. The number of ether oxygens (including phenoxy) is 2. The van der Waals surface area contributed by atoms with Crippen LogP contribution in [0.1, 0.15) is 124 Å². The number of esters is 2. The van der Waals surface area contributed by atoms with Crippen molar-refractivity contribution in [3.05, 3.63) is 82.0 Å². The third-order valence-corrected chi connectivity index (χ3v) is 12.9. The standard InChI is InChI=1S/C26H27ClN3.C20H38O7S/c1-25(2)19-9-7-8-10-21(19)29(5)23(25)14-11-17(16-28)24-26(3,4)20-15-18(27)12-13-22(20)30(24)6;1-5-9-11-16(7-3)14-26-19(21)13-18(28(23,24)25)20(22)27-15-17(8-4)12-10-6-2/h7-15H,1-6H3;16-18H,5-15H2,1-4H3,(H,23,24,25)/q+1;/p-1. The van der Waals surface area contributed by atoms with Crippen LogP contribution < -0.4 is 4.90 Å². The molecule has 12 heteroatoms. The second-order valence-corrected chi connectivity index (χ2v) is 18.5. The number of halogens is 1. The summed E-state index contributed by atoms with van der Waals surface area (Å²) in [6.07, 6.45) is 10.7. The summed E-state index contributed by atoms with van der Waals surface area (Å²) in [5, 5.41) is 8.74. The van der Waals surface area contributed by atoms with Crippen LogP contribution in [0.5, 0.6) is 0 Å². The molecule has 10 nitrogen and oxygen atoms in total. The van der Waals surface area contributed by atoms with E-state index < -0.39 is 33.7 Å². The molecule has 0 spiro atoms. The van der Waals surface area contributed by atoms with E-state index in [0.717, 1.165) is 68.3 Å². The van der Waals surface area contributed by atoms with E-state index in [2.05, 4.69) is 94.5 Å². The maximum absolute atomic E-state index is 12.1. The first-order chi connectivity index (χ1) is 27.3. The molecule has 0 N–H and O–H groups in total. The average molecular weight is 839 g/mol. The number of anilines is 1. The van der Waals surface area contributed by atoms with Crippen LogP contribution in [0.2, 0.25) is 5.02 Å². The number of carbonyl (C=O) groups is 2. The lowest BCUT2D eigenvalue weighted by Crippen LogP contribution is -2.35. The highest BCUT2D eigenvalue weighted by Crippen LogP contribution is 2.47. The number of nitriles is 1. The van der Waals surface area contributed by atoms with Gasteiger partial charge in [-0.05, 0) is 74.4 Å². The Hall–Kier alpha value is -3.98. The number of rotatable bonds is 18. The van der Waals surface area contributed by atoms with Crippen LogP contribution in [0.15, 0.2) is 65.9 Å². The van der Waals surface area contributed by atoms with E-state index in [9.17, 15) is 27.8 Å². The van der Waals surface area contributed by atoms with Crippen molar-refractivity contribution in [3.8, 4) is 6.07 Å². The van der Waals surface area contributed by atoms with Gasteiger partial charge in [-0.25, -0.2) is 8.42 Å². The van der Waals surface area contributed by atoms with Gasteiger partial charge in [-0.1, -0.05) is 110 Å². The largest absolute Gasteiger partial charge is 0.747 e. The monoisotopic (exact) mass is 837 g/mol. The van der Waals surface area contributed by atoms with Crippen LogP contribution in [-0.4, -0.2) is 67.8 Å². The molecule has 318 valence electrons. The number of benzene rings is 2. The molecule has 0 bridgehead atoms. The van der Waals surface area contributed by atoms with Gasteiger partial charge >= 0.3 is 11.9 Å². The lowest BCUT2D eigenvalue weighted by Gasteiger charge is -2.24. The third kappa shape index (κ3) is 11.8. The summed E-state index contributed by atoms with van der Waals surface area (Å²) in [6, 6.07) is 16.9. The van der Waals surface area contributed by atoms with Crippen molar-refractivity contribution < 1.29 is 36.6 Å². The summed E-state index contributed by atoms with van der Waals surface area (Å²) in [6.45, 7) is 17.0. The average Bonchev–Trinajstić information content (AvgIpc) is 3.50. The number of para-hydroxylation sites is 1. The number of likely N-dealkylation sites (N-methyl/N-ethyl adjacent to an activating group) is 1. The molecule has 2 aliphatic heterocycles. The van der Waals surface area contributed by atoms with Gasteiger partial charge in [0, 0.05) is 40.5 Å². The Kier molecular flexibility index (Phi) is 17.8. The minimum Gasteiger partial charge on any atom is -0.747 e. The Labute approximate surface area is 352 Å². The molecular weight excluding hydrogens is 774 g/mol. The lowest BCUT2D eigenvalue weighted by molar-refractivity contribution is -0.401. The van der Waals surface area contributed by atoms with E-state index in [1.165, 1.54) is 16.9 Å². The number of hydrogen-bond acceptors (Lipinski definition) is 9. The third-order valence-electron chi connectivity index (χ3n) is 11.6. The fourth-order valence-electron chi connectivity index (χ4n) is 7.93. The van der Waals surface area contributed by atoms with Crippen molar-refractivity contribution in [1.29, 1.82) is 5.26 Å². The molecule has 3 unspecified atom stereocenters. The summed E-state index contributed by atoms with van der Waals surface area (Å²) in [5.74, 6) is -1.74. The summed E-state index contributed by atoms with van der Waals surface area (Å²) >= 11 is 6.28. The first-order valence-electron chi connectivity index (χ1n) is 20.6. The molecule has 2 aromatic carbocycles. The molecule has 2 aromatic rings. The van der Waals surface area contributed by atoms with Crippen LogP contribution >= 0.6 is 11.6 Å². The highest BCUT2D eigenvalue weighted by molar-refractivity contribution is 7.87. The zero-order valence-corrected chi connectivity index (χ0v) is 37.8. The maximum Gasteiger partial charge on any atom is 0.323 e. The minimum absolute atomic E-state index is 0.0470. The molecule has 0 amide bonds. The van der Waals surface area contributed by atoms with Crippen LogP contribution in [-0.2, 0) is 40.0 Å². The quantitative estimate of drug-likeness (QED) is 0.0621.